The summed E-state index contributed by atoms with van der Waals surface area (Å²) in [6.07, 6.45) is 1.75. The van der Waals surface area contributed by atoms with Crippen LogP contribution in [-0.2, 0) is 9.53 Å². The lowest BCUT2D eigenvalue weighted by molar-refractivity contribution is -0.141. The normalized spacial score (nSPS) is 24.9. The molecule has 1 aliphatic carbocycles. The minimum absolute atomic E-state index is 0.0735. The van der Waals surface area contributed by atoms with Crippen LogP contribution in [0.1, 0.15) is 33.6 Å². The number of nitrogens with one attached hydrogen (secondary N) is 2. The highest BCUT2D eigenvalue weighted by Crippen LogP contribution is 2.23. The minimum atomic E-state index is -1.03. The van der Waals surface area contributed by atoms with E-state index in [2.05, 4.69) is 10.6 Å². The van der Waals surface area contributed by atoms with Gasteiger partial charge in [-0.3, -0.25) is 0 Å². The van der Waals surface area contributed by atoms with E-state index in [1.165, 1.54) is 0 Å². The number of hydrogen-bond donors (Lipinski definition) is 3. The van der Waals surface area contributed by atoms with Crippen LogP contribution in [0.25, 0.3) is 0 Å². The molecule has 1 saturated carbocycles. The monoisotopic (exact) mass is 258 g/mol. The fraction of sp³-hybridized carbons (Fsp3) is 0.833. The lowest BCUT2D eigenvalue weighted by Gasteiger charge is -2.35. The minimum Gasteiger partial charge on any atom is -0.480 e. The number of ether oxygens (including phenoxy) is 1. The quantitative estimate of drug-likeness (QED) is 0.701. The molecule has 2 amide bonds. The van der Waals surface area contributed by atoms with Gasteiger partial charge < -0.3 is 20.5 Å². The summed E-state index contributed by atoms with van der Waals surface area (Å²) >= 11 is 0. The van der Waals surface area contributed by atoms with E-state index in [-0.39, 0.29) is 12.1 Å². The molecule has 0 spiro atoms. The Balaban J connectivity index is 2.41. The summed E-state index contributed by atoms with van der Waals surface area (Å²) in [5.74, 6) is -1.03. The molecule has 3 N–H and O–H groups in total. The zero-order chi connectivity index (χ0) is 13.9. The Morgan fingerprint density at radius 2 is 1.89 bits per heavy atom. The number of rotatable bonds is 4. The van der Waals surface area contributed by atoms with Crippen molar-refractivity contribution in [2.24, 2.45) is 5.41 Å². The van der Waals surface area contributed by atoms with Crippen LogP contribution in [0.2, 0.25) is 0 Å². The fourth-order valence-corrected chi connectivity index (χ4v) is 1.88. The first-order valence-electron chi connectivity index (χ1n) is 6.06. The van der Waals surface area contributed by atoms with Crippen molar-refractivity contribution in [3.8, 4) is 0 Å². The summed E-state index contributed by atoms with van der Waals surface area (Å²) < 4.78 is 5.11. The van der Waals surface area contributed by atoms with Crippen molar-refractivity contribution in [2.75, 3.05) is 7.11 Å². The van der Waals surface area contributed by atoms with Crippen LogP contribution in [0.4, 0.5) is 4.79 Å². The van der Waals surface area contributed by atoms with E-state index in [1.807, 2.05) is 0 Å². The molecule has 0 saturated heterocycles. The maximum Gasteiger partial charge on any atom is 0.326 e. The van der Waals surface area contributed by atoms with E-state index in [0.717, 1.165) is 12.8 Å². The summed E-state index contributed by atoms with van der Waals surface area (Å²) in [4.78, 5) is 22.8. The number of urea groups is 1. The Labute approximate surface area is 107 Å². The summed E-state index contributed by atoms with van der Waals surface area (Å²) in [5, 5.41) is 14.3. The Hall–Kier alpha value is -1.30. The third-order valence-corrected chi connectivity index (χ3v) is 3.15. The van der Waals surface area contributed by atoms with Gasteiger partial charge in [-0.15, -0.1) is 0 Å². The molecule has 1 aliphatic rings. The van der Waals surface area contributed by atoms with Gasteiger partial charge in [0, 0.05) is 13.2 Å². The third kappa shape index (κ3) is 3.87. The van der Waals surface area contributed by atoms with Gasteiger partial charge in [0.05, 0.1) is 6.10 Å². The van der Waals surface area contributed by atoms with E-state index in [4.69, 9.17) is 9.84 Å². The summed E-state index contributed by atoms with van der Waals surface area (Å²) in [7, 11) is 1.64. The largest absolute Gasteiger partial charge is 0.480 e. The van der Waals surface area contributed by atoms with Crippen molar-refractivity contribution in [3.63, 3.8) is 0 Å². The van der Waals surface area contributed by atoms with Gasteiger partial charge in [0.1, 0.15) is 6.04 Å². The van der Waals surface area contributed by atoms with Gasteiger partial charge in [-0.1, -0.05) is 20.8 Å². The van der Waals surface area contributed by atoms with E-state index in [0.29, 0.717) is 0 Å². The van der Waals surface area contributed by atoms with Gasteiger partial charge in [-0.2, -0.15) is 0 Å². The topological polar surface area (TPSA) is 87.7 Å². The molecule has 1 atom stereocenters. The SMILES string of the molecule is COC1CC(NC(=O)NC(C(=O)O)C(C)(C)C)C1. The average Bonchev–Trinajstić information content (AvgIpc) is 2.17. The smallest absolute Gasteiger partial charge is 0.326 e. The second-order valence-electron chi connectivity index (χ2n) is 5.78. The fourth-order valence-electron chi connectivity index (χ4n) is 1.88. The predicted octanol–water partition coefficient (Wildman–Crippen LogP) is 0.962. The van der Waals surface area contributed by atoms with Gasteiger partial charge in [0.15, 0.2) is 0 Å². The molecule has 1 fully saturated rings. The Morgan fingerprint density at radius 3 is 2.28 bits per heavy atom. The highest BCUT2D eigenvalue weighted by Gasteiger charge is 2.35. The lowest BCUT2D eigenvalue weighted by atomic mass is 9.86. The number of carboxylic acids is 1. The zero-order valence-corrected chi connectivity index (χ0v) is 11.3. The number of hydrogen-bond acceptors (Lipinski definition) is 3. The van der Waals surface area contributed by atoms with E-state index < -0.39 is 23.5 Å². The molecule has 0 aromatic rings. The van der Waals surface area contributed by atoms with E-state index >= 15 is 0 Å². The number of carboxylic acid groups (broad SMARTS) is 1. The average molecular weight is 258 g/mol. The molecule has 104 valence electrons. The second-order valence-corrected chi connectivity index (χ2v) is 5.78. The Kier molecular flexibility index (Phi) is 4.56. The van der Waals surface area contributed by atoms with Crippen LogP contribution in [0.5, 0.6) is 0 Å². The van der Waals surface area contributed by atoms with Crippen LogP contribution >= 0.6 is 0 Å². The number of carbonyl (C=O) groups excluding carboxylic acids is 1. The van der Waals surface area contributed by atoms with Gasteiger partial charge in [0.2, 0.25) is 0 Å². The van der Waals surface area contributed by atoms with Crippen molar-refractivity contribution in [1.29, 1.82) is 0 Å². The molecule has 6 nitrogen and oxygen atoms in total. The van der Waals surface area contributed by atoms with Gasteiger partial charge in [0.25, 0.3) is 0 Å². The molecule has 0 aromatic heterocycles. The highest BCUT2D eigenvalue weighted by atomic mass is 16.5. The number of amides is 2. The molecule has 6 heteroatoms. The number of carbonyl (C=O) groups is 2. The summed E-state index contributed by atoms with van der Waals surface area (Å²) in [6.45, 7) is 5.32. The van der Waals surface area contributed by atoms with Crippen molar-refractivity contribution in [2.45, 2.75) is 51.8 Å². The predicted molar refractivity (Wildman–Crippen MR) is 66.4 cm³/mol. The van der Waals surface area contributed by atoms with Crippen molar-refractivity contribution in [1.82, 2.24) is 10.6 Å². The molecule has 0 bridgehead atoms. The van der Waals surface area contributed by atoms with Crippen molar-refractivity contribution < 1.29 is 19.4 Å². The Morgan fingerprint density at radius 1 is 1.33 bits per heavy atom. The lowest BCUT2D eigenvalue weighted by Crippen LogP contribution is -2.56. The highest BCUT2D eigenvalue weighted by molar-refractivity contribution is 5.83. The molecule has 0 aromatic carbocycles. The van der Waals surface area contributed by atoms with Gasteiger partial charge in [-0.05, 0) is 18.3 Å². The first-order valence-corrected chi connectivity index (χ1v) is 6.06. The molecular weight excluding hydrogens is 236 g/mol. The maximum absolute atomic E-state index is 11.7. The third-order valence-electron chi connectivity index (χ3n) is 3.15. The van der Waals surface area contributed by atoms with Crippen molar-refractivity contribution >= 4 is 12.0 Å². The summed E-state index contributed by atoms with van der Waals surface area (Å²) in [6, 6.07) is -1.27. The van der Waals surface area contributed by atoms with E-state index in [9.17, 15) is 9.59 Å². The maximum atomic E-state index is 11.7. The molecule has 1 rings (SSSR count). The van der Waals surface area contributed by atoms with Crippen LogP contribution < -0.4 is 10.6 Å². The number of methoxy groups -OCH3 is 1. The van der Waals surface area contributed by atoms with Crippen LogP contribution in [-0.4, -0.2) is 42.4 Å². The first-order chi connectivity index (χ1) is 8.24. The van der Waals surface area contributed by atoms with Gasteiger partial charge in [-0.25, -0.2) is 9.59 Å². The van der Waals surface area contributed by atoms with Crippen LogP contribution in [0.15, 0.2) is 0 Å². The molecule has 0 heterocycles. The second kappa shape index (κ2) is 5.56. The standard InChI is InChI=1S/C12H22N2O4/c1-12(2,3)9(10(15)16)14-11(17)13-7-5-8(6-7)18-4/h7-9H,5-6H2,1-4H3,(H,15,16)(H2,13,14,17). The molecular formula is C12H22N2O4. The molecule has 18 heavy (non-hydrogen) atoms. The van der Waals surface area contributed by atoms with Gasteiger partial charge >= 0.3 is 12.0 Å². The van der Waals surface area contributed by atoms with Crippen LogP contribution in [0, 0.1) is 5.41 Å². The summed E-state index contributed by atoms with van der Waals surface area (Å²) in [5.41, 5.74) is -0.530. The van der Waals surface area contributed by atoms with E-state index in [1.54, 1.807) is 27.9 Å². The first kappa shape index (κ1) is 14.8. The van der Waals surface area contributed by atoms with Crippen molar-refractivity contribution in [3.05, 3.63) is 0 Å². The molecule has 1 unspecified atom stereocenters. The van der Waals surface area contributed by atoms with Crippen LogP contribution in [0.3, 0.4) is 0 Å². The number of aliphatic carboxylic acids is 1. The molecule has 0 aliphatic heterocycles. The zero-order valence-electron chi connectivity index (χ0n) is 11.3. The Bertz CT molecular complexity index is 319. The molecule has 0 radical (unpaired) electrons.